The number of anilines is 1. The smallest absolute Gasteiger partial charge is 0.123 e. The van der Waals surface area contributed by atoms with E-state index in [1.807, 2.05) is 24.3 Å². The molecule has 0 saturated heterocycles. The van der Waals surface area contributed by atoms with E-state index in [-0.39, 0.29) is 0 Å². The third-order valence-electron chi connectivity index (χ3n) is 2.36. The van der Waals surface area contributed by atoms with Gasteiger partial charge in [0, 0.05) is 16.1 Å². The molecule has 2 N–H and O–H groups in total. The molecule has 0 saturated carbocycles. The first-order chi connectivity index (χ1) is 7.20. The number of rotatable bonds is 2. The van der Waals surface area contributed by atoms with E-state index in [2.05, 4.69) is 18.8 Å². The Balaban J connectivity index is 2.45. The van der Waals surface area contributed by atoms with Crippen LogP contribution in [-0.2, 0) is 6.42 Å². The molecule has 1 heterocycles. The third kappa shape index (κ3) is 2.02. The number of benzene rings is 1. The van der Waals surface area contributed by atoms with Crippen LogP contribution in [0.25, 0.3) is 10.6 Å². The zero-order valence-electron chi connectivity index (χ0n) is 8.95. The SMILES string of the molecule is CCc1nc(-c2cccc(N)c2)sc1C. The fraction of sp³-hybridized carbons (Fsp3) is 0.250. The van der Waals surface area contributed by atoms with Crippen molar-refractivity contribution >= 4 is 17.0 Å². The van der Waals surface area contributed by atoms with Crippen molar-refractivity contribution < 1.29 is 0 Å². The van der Waals surface area contributed by atoms with Crippen LogP contribution < -0.4 is 5.73 Å². The van der Waals surface area contributed by atoms with Crippen LogP contribution >= 0.6 is 11.3 Å². The molecule has 2 aromatic rings. The molecule has 2 nitrogen and oxygen atoms in total. The van der Waals surface area contributed by atoms with Gasteiger partial charge in [-0.2, -0.15) is 0 Å². The average molecular weight is 218 g/mol. The van der Waals surface area contributed by atoms with E-state index in [1.54, 1.807) is 11.3 Å². The Bertz CT molecular complexity index is 474. The predicted octanol–water partition coefficient (Wildman–Crippen LogP) is 3.26. The Morgan fingerprint density at radius 3 is 2.80 bits per heavy atom. The average Bonchev–Trinajstić information content (AvgIpc) is 2.60. The molecule has 0 amide bonds. The van der Waals surface area contributed by atoms with Crippen molar-refractivity contribution in [2.75, 3.05) is 5.73 Å². The van der Waals surface area contributed by atoms with Crippen molar-refractivity contribution in [3.63, 3.8) is 0 Å². The molecule has 0 bridgehead atoms. The Labute approximate surface area is 93.8 Å². The van der Waals surface area contributed by atoms with Gasteiger partial charge in [-0.25, -0.2) is 4.98 Å². The normalized spacial score (nSPS) is 10.5. The summed E-state index contributed by atoms with van der Waals surface area (Å²) in [6.07, 6.45) is 0.991. The van der Waals surface area contributed by atoms with Gasteiger partial charge >= 0.3 is 0 Å². The fourth-order valence-corrected chi connectivity index (χ4v) is 2.55. The minimum absolute atomic E-state index is 0.790. The van der Waals surface area contributed by atoms with Gasteiger partial charge in [0.2, 0.25) is 0 Å². The van der Waals surface area contributed by atoms with Gasteiger partial charge < -0.3 is 5.73 Å². The summed E-state index contributed by atoms with van der Waals surface area (Å²) < 4.78 is 0. The maximum atomic E-state index is 5.75. The molecule has 0 aliphatic carbocycles. The Hall–Kier alpha value is -1.35. The first kappa shape index (κ1) is 10.2. The Kier molecular flexibility index (Phi) is 2.73. The van der Waals surface area contributed by atoms with Crippen LogP contribution in [0.5, 0.6) is 0 Å². The van der Waals surface area contributed by atoms with E-state index in [4.69, 9.17) is 5.73 Å². The molecule has 0 spiro atoms. The second kappa shape index (κ2) is 4.03. The van der Waals surface area contributed by atoms with Crippen LogP contribution in [0, 0.1) is 6.92 Å². The molecule has 2 rings (SSSR count). The van der Waals surface area contributed by atoms with Crippen molar-refractivity contribution in [2.24, 2.45) is 0 Å². The first-order valence-corrected chi connectivity index (χ1v) is 5.84. The highest BCUT2D eigenvalue weighted by Crippen LogP contribution is 2.28. The standard InChI is InChI=1S/C12H14N2S/c1-3-11-8(2)15-12(14-11)9-5-4-6-10(13)7-9/h4-7H,3,13H2,1-2H3. The van der Waals surface area contributed by atoms with Crippen molar-refractivity contribution in [2.45, 2.75) is 20.3 Å². The maximum Gasteiger partial charge on any atom is 0.123 e. The molecular weight excluding hydrogens is 204 g/mol. The quantitative estimate of drug-likeness (QED) is 0.786. The van der Waals surface area contributed by atoms with Crippen molar-refractivity contribution in [3.8, 4) is 10.6 Å². The summed E-state index contributed by atoms with van der Waals surface area (Å²) in [5.74, 6) is 0. The summed E-state index contributed by atoms with van der Waals surface area (Å²) in [4.78, 5) is 5.90. The molecule has 0 atom stereocenters. The van der Waals surface area contributed by atoms with Crippen LogP contribution in [0.3, 0.4) is 0 Å². The molecule has 1 aromatic carbocycles. The monoisotopic (exact) mass is 218 g/mol. The van der Waals surface area contributed by atoms with E-state index in [0.717, 1.165) is 22.7 Å². The lowest BCUT2D eigenvalue weighted by molar-refractivity contribution is 1.05. The van der Waals surface area contributed by atoms with Gasteiger partial charge in [-0.15, -0.1) is 11.3 Å². The summed E-state index contributed by atoms with van der Waals surface area (Å²) in [7, 11) is 0. The third-order valence-corrected chi connectivity index (χ3v) is 3.42. The number of nitrogens with two attached hydrogens (primary N) is 1. The second-order valence-electron chi connectivity index (χ2n) is 3.50. The Morgan fingerprint density at radius 2 is 2.20 bits per heavy atom. The van der Waals surface area contributed by atoms with Crippen LogP contribution in [0.15, 0.2) is 24.3 Å². The number of hydrogen-bond donors (Lipinski definition) is 1. The van der Waals surface area contributed by atoms with Gasteiger partial charge in [-0.05, 0) is 25.5 Å². The van der Waals surface area contributed by atoms with Crippen molar-refractivity contribution in [3.05, 3.63) is 34.8 Å². The van der Waals surface area contributed by atoms with Gasteiger partial charge in [0.15, 0.2) is 0 Å². The van der Waals surface area contributed by atoms with Gasteiger partial charge in [-0.1, -0.05) is 19.1 Å². The number of thiazole rings is 1. The summed E-state index contributed by atoms with van der Waals surface area (Å²) in [5, 5.41) is 1.07. The highest BCUT2D eigenvalue weighted by atomic mass is 32.1. The molecule has 0 fully saturated rings. The predicted molar refractivity (Wildman–Crippen MR) is 66.1 cm³/mol. The molecule has 1 aromatic heterocycles. The van der Waals surface area contributed by atoms with E-state index < -0.39 is 0 Å². The molecule has 15 heavy (non-hydrogen) atoms. The topological polar surface area (TPSA) is 38.9 Å². The number of hydrogen-bond acceptors (Lipinski definition) is 3. The van der Waals surface area contributed by atoms with Crippen molar-refractivity contribution in [1.82, 2.24) is 4.98 Å². The van der Waals surface area contributed by atoms with Crippen molar-refractivity contribution in [1.29, 1.82) is 0 Å². The maximum absolute atomic E-state index is 5.75. The van der Waals surface area contributed by atoms with E-state index >= 15 is 0 Å². The minimum Gasteiger partial charge on any atom is -0.399 e. The lowest BCUT2D eigenvalue weighted by atomic mass is 10.2. The zero-order valence-corrected chi connectivity index (χ0v) is 9.77. The van der Waals surface area contributed by atoms with E-state index in [1.165, 1.54) is 10.6 Å². The summed E-state index contributed by atoms with van der Waals surface area (Å²) in [5.41, 5.74) is 8.85. The largest absolute Gasteiger partial charge is 0.399 e. The molecule has 0 radical (unpaired) electrons. The number of aromatic nitrogens is 1. The summed E-state index contributed by atoms with van der Waals surface area (Å²) >= 11 is 1.73. The molecule has 0 aliphatic heterocycles. The lowest BCUT2D eigenvalue weighted by Gasteiger charge is -1.97. The minimum atomic E-state index is 0.790. The summed E-state index contributed by atoms with van der Waals surface area (Å²) in [6, 6.07) is 7.88. The van der Waals surface area contributed by atoms with Crippen LogP contribution in [0.2, 0.25) is 0 Å². The zero-order chi connectivity index (χ0) is 10.8. The molecular formula is C12H14N2S. The van der Waals surface area contributed by atoms with Crippen LogP contribution in [0.4, 0.5) is 5.69 Å². The van der Waals surface area contributed by atoms with Gasteiger partial charge in [0.1, 0.15) is 5.01 Å². The molecule has 0 aliphatic rings. The van der Waals surface area contributed by atoms with Gasteiger partial charge in [0.05, 0.1) is 5.69 Å². The number of nitrogen functional groups attached to an aromatic ring is 1. The molecule has 0 unspecified atom stereocenters. The van der Waals surface area contributed by atoms with Gasteiger partial charge in [0.25, 0.3) is 0 Å². The molecule has 78 valence electrons. The number of aryl methyl sites for hydroxylation is 2. The van der Waals surface area contributed by atoms with Crippen LogP contribution in [-0.4, -0.2) is 4.98 Å². The Morgan fingerprint density at radius 1 is 1.40 bits per heavy atom. The highest BCUT2D eigenvalue weighted by molar-refractivity contribution is 7.15. The number of nitrogens with zero attached hydrogens (tertiary/aromatic N) is 1. The lowest BCUT2D eigenvalue weighted by Crippen LogP contribution is -1.85. The van der Waals surface area contributed by atoms with Gasteiger partial charge in [-0.3, -0.25) is 0 Å². The first-order valence-electron chi connectivity index (χ1n) is 5.03. The summed E-state index contributed by atoms with van der Waals surface area (Å²) in [6.45, 7) is 4.25. The second-order valence-corrected chi connectivity index (χ2v) is 4.70. The van der Waals surface area contributed by atoms with E-state index in [9.17, 15) is 0 Å². The van der Waals surface area contributed by atoms with E-state index in [0.29, 0.717) is 0 Å². The molecule has 3 heteroatoms. The fourth-order valence-electron chi connectivity index (χ4n) is 1.55. The van der Waals surface area contributed by atoms with Crippen LogP contribution in [0.1, 0.15) is 17.5 Å². The highest BCUT2D eigenvalue weighted by Gasteiger charge is 2.07.